The van der Waals surface area contributed by atoms with E-state index < -0.39 is 9.84 Å². The van der Waals surface area contributed by atoms with Crippen LogP contribution in [0.15, 0.2) is 57.9 Å². The van der Waals surface area contributed by atoms with E-state index in [4.69, 9.17) is 9.47 Å². The van der Waals surface area contributed by atoms with Crippen LogP contribution < -0.4 is 9.47 Å². The largest absolute Gasteiger partial charge is 0.493 e. The van der Waals surface area contributed by atoms with Crippen molar-refractivity contribution in [1.82, 2.24) is 4.98 Å². The second kappa shape index (κ2) is 6.85. The Morgan fingerprint density at radius 3 is 2.28 bits per heavy atom. The van der Waals surface area contributed by atoms with E-state index in [2.05, 4.69) is 4.98 Å². The van der Waals surface area contributed by atoms with E-state index in [1.165, 1.54) is 24.0 Å². The van der Waals surface area contributed by atoms with Gasteiger partial charge in [-0.05, 0) is 42.8 Å². The zero-order chi connectivity index (χ0) is 18.0. The highest BCUT2D eigenvalue weighted by atomic mass is 32.2. The van der Waals surface area contributed by atoms with Gasteiger partial charge in [-0.1, -0.05) is 17.7 Å². The van der Waals surface area contributed by atoms with Crippen molar-refractivity contribution in [3.05, 3.63) is 53.5 Å². The maximum atomic E-state index is 13.0. The van der Waals surface area contributed by atoms with Crippen molar-refractivity contribution in [2.24, 2.45) is 0 Å². The minimum absolute atomic E-state index is 0.0496. The molecule has 130 valence electrons. The van der Waals surface area contributed by atoms with Crippen LogP contribution in [0.3, 0.4) is 0 Å². The van der Waals surface area contributed by atoms with E-state index in [0.717, 1.165) is 5.56 Å². The molecule has 0 saturated carbocycles. The predicted octanol–water partition coefficient (Wildman–Crippen LogP) is 3.97. The van der Waals surface area contributed by atoms with E-state index >= 15 is 0 Å². The van der Waals surface area contributed by atoms with Crippen LogP contribution >= 0.6 is 11.3 Å². The van der Waals surface area contributed by atoms with Crippen molar-refractivity contribution in [2.45, 2.75) is 16.8 Å². The molecule has 0 atom stereocenters. The van der Waals surface area contributed by atoms with Gasteiger partial charge in [0.25, 0.3) is 0 Å². The first-order valence-corrected chi connectivity index (χ1v) is 9.81. The van der Waals surface area contributed by atoms with Crippen LogP contribution in [0.5, 0.6) is 11.5 Å². The maximum Gasteiger partial charge on any atom is 0.225 e. The van der Waals surface area contributed by atoms with Crippen LogP contribution in [0, 0.1) is 6.92 Å². The van der Waals surface area contributed by atoms with Crippen LogP contribution in [0.1, 0.15) is 5.56 Å². The molecule has 0 radical (unpaired) electrons. The number of sulfone groups is 1. The molecule has 7 heteroatoms. The molecule has 2 aromatic carbocycles. The van der Waals surface area contributed by atoms with Gasteiger partial charge in [0, 0.05) is 0 Å². The number of hydrogen-bond donors (Lipinski definition) is 0. The molecule has 3 aromatic rings. The molecule has 0 aliphatic rings. The summed E-state index contributed by atoms with van der Waals surface area (Å²) in [4.78, 5) is 4.92. The molecule has 25 heavy (non-hydrogen) atoms. The Balaban J connectivity index is 2.11. The Bertz CT molecular complexity index is 992. The molecule has 0 N–H and O–H groups in total. The molecule has 0 aliphatic carbocycles. The molecule has 1 heterocycles. The van der Waals surface area contributed by atoms with Gasteiger partial charge in [0.2, 0.25) is 9.84 Å². The van der Waals surface area contributed by atoms with E-state index in [1.54, 1.807) is 49.6 Å². The molecule has 0 amide bonds. The molecule has 0 unspecified atom stereocenters. The Hall–Kier alpha value is -2.38. The van der Waals surface area contributed by atoms with E-state index in [0.29, 0.717) is 21.9 Å². The number of hydrogen-bond acceptors (Lipinski definition) is 6. The lowest BCUT2D eigenvalue weighted by atomic mass is 10.2. The highest BCUT2D eigenvalue weighted by molar-refractivity contribution is 7.91. The lowest BCUT2D eigenvalue weighted by Crippen LogP contribution is -2.04. The minimum atomic E-state index is -3.70. The first-order valence-electron chi connectivity index (χ1n) is 7.45. The van der Waals surface area contributed by atoms with Gasteiger partial charge < -0.3 is 9.47 Å². The van der Waals surface area contributed by atoms with Crippen molar-refractivity contribution >= 4 is 21.2 Å². The SMILES string of the molecule is COc1ccc(-c2scnc2S(=O)(=O)c2ccc(C)cc2)cc1OC. The van der Waals surface area contributed by atoms with Crippen LogP contribution in [-0.2, 0) is 9.84 Å². The summed E-state index contributed by atoms with van der Waals surface area (Å²) >= 11 is 1.27. The second-order valence-corrected chi connectivity index (χ2v) is 8.09. The second-order valence-electron chi connectivity index (χ2n) is 5.37. The fraction of sp³-hybridized carbons (Fsp3) is 0.167. The number of aromatic nitrogens is 1. The van der Waals surface area contributed by atoms with Crippen LogP contribution in [0.4, 0.5) is 0 Å². The number of nitrogens with zero attached hydrogens (tertiary/aromatic N) is 1. The van der Waals surface area contributed by atoms with E-state index in [9.17, 15) is 8.42 Å². The minimum Gasteiger partial charge on any atom is -0.493 e. The molecular weight excluding hydrogens is 358 g/mol. The third kappa shape index (κ3) is 3.25. The Kier molecular flexibility index (Phi) is 4.78. The summed E-state index contributed by atoms with van der Waals surface area (Å²) in [6, 6.07) is 12.0. The monoisotopic (exact) mass is 375 g/mol. The molecule has 1 aromatic heterocycles. The first-order chi connectivity index (χ1) is 12.0. The summed E-state index contributed by atoms with van der Waals surface area (Å²) < 4.78 is 36.5. The van der Waals surface area contributed by atoms with Crippen molar-refractivity contribution in [2.75, 3.05) is 14.2 Å². The summed E-state index contributed by atoms with van der Waals surface area (Å²) in [6.07, 6.45) is 0. The summed E-state index contributed by atoms with van der Waals surface area (Å²) in [5.41, 5.74) is 3.25. The number of benzene rings is 2. The highest BCUT2D eigenvalue weighted by Crippen LogP contribution is 2.38. The van der Waals surface area contributed by atoms with Crippen molar-refractivity contribution in [3.63, 3.8) is 0 Å². The predicted molar refractivity (Wildman–Crippen MR) is 97.3 cm³/mol. The molecular formula is C18H17NO4S2. The fourth-order valence-corrected chi connectivity index (χ4v) is 4.92. The van der Waals surface area contributed by atoms with Gasteiger partial charge in [-0.3, -0.25) is 0 Å². The van der Waals surface area contributed by atoms with Gasteiger partial charge in [0.05, 0.1) is 29.5 Å². The number of rotatable bonds is 5. The molecule has 0 spiro atoms. The van der Waals surface area contributed by atoms with Crippen LogP contribution in [0.2, 0.25) is 0 Å². The zero-order valence-corrected chi connectivity index (χ0v) is 15.6. The van der Waals surface area contributed by atoms with E-state index in [-0.39, 0.29) is 9.92 Å². The Morgan fingerprint density at radius 2 is 1.64 bits per heavy atom. The van der Waals surface area contributed by atoms with Crippen molar-refractivity contribution in [3.8, 4) is 21.9 Å². The summed E-state index contributed by atoms with van der Waals surface area (Å²) in [6.45, 7) is 1.91. The third-order valence-electron chi connectivity index (χ3n) is 3.77. The Labute approximate surface area is 150 Å². The summed E-state index contributed by atoms with van der Waals surface area (Å²) in [5.74, 6) is 1.12. The van der Waals surface area contributed by atoms with Gasteiger partial charge in [0.1, 0.15) is 0 Å². The smallest absolute Gasteiger partial charge is 0.225 e. The van der Waals surface area contributed by atoms with E-state index in [1.807, 2.05) is 6.92 Å². The van der Waals surface area contributed by atoms with Gasteiger partial charge >= 0.3 is 0 Å². The molecule has 0 aliphatic heterocycles. The number of ether oxygens (including phenoxy) is 2. The quantitative estimate of drug-likeness (QED) is 0.675. The Morgan fingerprint density at radius 1 is 0.960 bits per heavy atom. The average molecular weight is 375 g/mol. The van der Waals surface area contributed by atoms with Crippen LogP contribution in [0.25, 0.3) is 10.4 Å². The third-order valence-corrected chi connectivity index (χ3v) is 6.48. The standard InChI is InChI=1S/C18H17NO4S2/c1-12-4-7-14(8-5-12)25(20,21)18-17(24-11-19-18)13-6-9-15(22-2)16(10-13)23-3/h4-11H,1-3H3. The molecule has 0 saturated heterocycles. The van der Waals surface area contributed by atoms with Gasteiger partial charge in [-0.2, -0.15) is 0 Å². The number of thiazole rings is 1. The number of methoxy groups -OCH3 is 2. The summed E-state index contributed by atoms with van der Waals surface area (Å²) in [7, 11) is -0.606. The van der Waals surface area contributed by atoms with Gasteiger partial charge in [0.15, 0.2) is 16.5 Å². The fourth-order valence-electron chi connectivity index (χ4n) is 2.43. The van der Waals surface area contributed by atoms with Gasteiger partial charge in [-0.25, -0.2) is 13.4 Å². The molecule has 3 rings (SSSR count). The lowest BCUT2D eigenvalue weighted by Gasteiger charge is -2.10. The summed E-state index contributed by atoms with van der Waals surface area (Å²) in [5, 5.41) is 0.0496. The molecule has 0 bridgehead atoms. The van der Waals surface area contributed by atoms with Crippen molar-refractivity contribution in [1.29, 1.82) is 0 Å². The van der Waals surface area contributed by atoms with Gasteiger partial charge in [-0.15, -0.1) is 11.3 Å². The lowest BCUT2D eigenvalue weighted by molar-refractivity contribution is 0.355. The molecule has 5 nitrogen and oxygen atoms in total. The first kappa shape index (κ1) is 17.4. The van der Waals surface area contributed by atoms with Crippen molar-refractivity contribution < 1.29 is 17.9 Å². The highest BCUT2D eigenvalue weighted by Gasteiger charge is 2.25. The number of aryl methyl sites for hydroxylation is 1. The zero-order valence-electron chi connectivity index (χ0n) is 14.0. The maximum absolute atomic E-state index is 13.0. The molecule has 0 fully saturated rings. The van der Waals surface area contributed by atoms with Crippen LogP contribution in [-0.4, -0.2) is 27.6 Å². The normalized spacial score (nSPS) is 11.3. The average Bonchev–Trinajstić information content (AvgIpc) is 3.12. The topological polar surface area (TPSA) is 65.5 Å².